The lowest BCUT2D eigenvalue weighted by atomic mass is 9.93. The highest BCUT2D eigenvalue weighted by molar-refractivity contribution is 5.42. The molecule has 0 atom stereocenters. The minimum absolute atomic E-state index is 0.431. The zero-order valence-corrected chi connectivity index (χ0v) is 10.5. The predicted octanol–water partition coefficient (Wildman–Crippen LogP) is 2.04. The van der Waals surface area contributed by atoms with E-state index in [0.29, 0.717) is 5.41 Å². The second-order valence-corrected chi connectivity index (χ2v) is 5.39. The summed E-state index contributed by atoms with van der Waals surface area (Å²) < 4.78 is 0. The molecule has 1 saturated heterocycles. The molecule has 0 bridgehead atoms. The highest BCUT2D eigenvalue weighted by atomic mass is 15.2. The number of hydrogen-bond acceptors (Lipinski definition) is 3. The van der Waals surface area contributed by atoms with Crippen LogP contribution in [0.4, 0.5) is 5.82 Å². The topological polar surface area (TPSA) is 28.2 Å². The first-order valence-electron chi connectivity index (χ1n) is 5.95. The van der Waals surface area contributed by atoms with Crippen molar-refractivity contribution >= 4 is 5.82 Å². The standard InChI is InChI=1S/C13H21N3/c1-13(2)5-7-16(10-13)12-8-11(9-14-3)4-6-15-12/h4,6,8,14H,5,7,9-10H2,1-3H3. The number of nitrogens with one attached hydrogen (secondary N) is 1. The molecule has 16 heavy (non-hydrogen) atoms. The second kappa shape index (κ2) is 4.42. The summed E-state index contributed by atoms with van der Waals surface area (Å²) in [5, 5.41) is 3.17. The Balaban J connectivity index is 2.12. The number of hydrogen-bond donors (Lipinski definition) is 1. The van der Waals surface area contributed by atoms with E-state index in [4.69, 9.17) is 0 Å². The Labute approximate surface area is 97.9 Å². The highest BCUT2D eigenvalue weighted by Crippen LogP contribution is 2.31. The summed E-state index contributed by atoms with van der Waals surface area (Å²) in [5.41, 5.74) is 1.73. The van der Waals surface area contributed by atoms with Crippen LogP contribution in [-0.4, -0.2) is 25.1 Å². The van der Waals surface area contributed by atoms with Gasteiger partial charge in [-0.15, -0.1) is 0 Å². The van der Waals surface area contributed by atoms with Gasteiger partial charge in [0, 0.05) is 25.8 Å². The zero-order valence-electron chi connectivity index (χ0n) is 10.5. The molecule has 3 nitrogen and oxygen atoms in total. The summed E-state index contributed by atoms with van der Waals surface area (Å²) in [6, 6.07) is 4.26. The van der Waals surface area contributed by atoms with Gasteiger partial charge in [0.15, 0.2) is 0 Å². The highest BCUT2D eigenvalue weighted by Gasteiger charge is 2.29. The summed E-state index contributed by atoms with van der Waals surface area (Å²) in [7, 11) is 1.97. The van der Waals surface area contributed by atoms with Gasteiger partial charge in [-0.1, -0.05) is 13.8 Å². The molecule has 0 radical (unpaired) electrons. The van der Waals surface area contributed by atoms with E-state index in [1.165, 1.54) is 12.0 Å². The Morgan fingerprint density at radius 3 is 2.94 bits per heavy atom. The molecule has 0 aromatic carbocycles. The summed E-state index contributed by atoms with van der Waals surface area (Å²) >= 11 is 0. The minimum atomic E-state index is 0.431. The van der Waals surface area contributed by atoms with Gasteiger partial charge in [0.05, 0.1) is 0 Å². The average molecular weight is 219 g/mol. The van der Waals surface area contributed by atoms with E-state index in [1.54, 1.807) is 0 Å². The summed E-state index contributed by atoms with van der Waals surface area (Å²) in [5.74, 6) is 1.12. The first-order valence-corrected chi connectivity index (χ1v) is 5.95. The van der Waals surface area contributed by atoms with Crippen molar-refractivity contribution in [2.45, 2.75) is 26.8 Å². The first-order chi connectivity index (χ1) is 7.61. The molecule has 3 heteroatoms. The van der Waals surface area contributed by atoms with E-state index >= 15 is 0 Å². The maximum atomic E-state index is 4.47. The van der Waals surface area contributed by atoms with E-state index < -0.39 is 0 Å². The fourth-order valence-electron chi connectivity index (χ4n) is 2.26. The molecule has 0 spiro atoms. The van der Waals surface area contributed by atoms with Crippen LogP contribution in [0.1, 0.15) is 25.8 Å². The Morgan fingerprint density at radius 2 is 2.31 bits per heavy atom. The third kappa shape index (κ3) is 2.53. The number of rotatable bonds is 3. The molecule has 0 amide bonds. The summed E-state index contributed by atoms with van der Waals surface area (Å²) in [6.07, 6.45) is 3.16. The van der Waals surface area contributed by atoms with Gasteiger partial charge >= 0.3 is 0 Å². The predicted molar refractivity (Wildman–Crippen MR) is 67.6 cm³/mol. The summed E-state index contributed by atoms with van der Waals surface area (Å²) in [4.78, 5) is 6.86. The zero-order chi connectivity index (χ0) is 11.6. The van der Waals surface area contributed by atoms with Crippen LogP contribution >= 0.6 is 0 Å². The molecular weight excluding hydrogens is 198 g/mol. The van der Waals surface area contributed by atoms with Crippen LogP contribution in [0.5, 0.6) is 0 Å². The molecule has 1 fully saturated rings. The molecule has 0 unspecified atom stereocenters. The van der Waals surface area contributed by atoms with Gasteiger partial charge in [0.25, 0.3) is 0 Å². The quantitative estimate of drug-likeness (QED) is 0.843. The lowest BCUT2D eigenvalue weighted by molar-refractivity contribution is 0.418. The van der Waals surface area contributed by atoms with Crippen LogP contribution in [0.2, 0.25) is 0 Å². The van der Waals surface area contributed by atoms with Crippen molar-refractivity contribution in [2.75, 3.05) is 25.0 Å². The maximum Gasteiger partial charge on any atom is 0.128 e. The van der Waals surface area contributed by atoms with Crippen LogP contribution in [0, 0.1) is 5.41 Å². The Kier molecular flexibility index (Phi) is 3.15. The van der Waals surface area contributed by atoms with Gasteiger partial charge in [0.2, 0.25) is 0 Å². The number of nitrogens with zero attached hydrogens (tertiary/aromatic N) is 2. The lowest BCUT2D eigenvalue weighted by Gasteiger charge is -2.21. The van der Waals surface area contributed by atoms with Crippen molar-refractivity contribution in [1.82, 2.24) is 10.3 Å². The minimum Gasteiger partial charge on any atom is -0.356 e. The van der Waals surface area contributed by atoms with E-state index in [-0.39, 0.29) is 0 Å². The molecule has 0 aliphatic carbocycles. The van der Waals surface area contributed by atoms with Crippen LogP contribution in [0.3, 0.4) is 0 Å². The molecule has 1 aromatic heterocycles. The maximum absolute atomic E-state index is 4.47. The van der Waals surface area contributed by atoms with Gasteiger partial charge in [-0.3, -0.25) is 0 Å². The SMILES string of the molecule is CNCc1ccnc(N2CCC(C)(C)C2)c1. The van der Waals surface area contributed by atoms with E-state index in [0.717, 1.165) is 25.5 Å². The fraction of sp³-hybridized carbons (Fsp3) is 0.615. The molecular formula is C13H21N3. The van der Waals surface area contributed by atoms with Crippen LogP contribution < -0.4 is 10.2 Å². The molecule has 88 valence electrons. The Hall–Kier alpha value is -1.09. The van der Waals surface area contributed by atoms with E-state index in [1.807, 2.05) is 13.2 Å². The molecule has 2 heterocycles. The largest absolute Gasteiger partial charge is 0.356 e. The third-order valence-electron chi connectivity index (χ3n) is 3.19. The van der Waals surface area contributed by atoms with Gasteiger partial charge in [0.1, 0.15) is 5.82 Å². The van der Waals surface area contributed by atoms with Crippen LogP contribution in [0.15, 0.2) is 18.3 Å². The van der Waals surface area contributed by atoms with Crippen molar-refractivity contribution in [3.8, 4) is 0 Å². The number of aromatic nitrogens is 1. The van der Waals surface area contributed by atoms with Crippen molar-refractivity contribution < 1.29 is 0 Å². The second-order valence-electron chi connectivity index (χ2n) is 5.39. The monoisotopic (exact) mass is 219 g/mol. The molecule has 1 aliphatic rings. The molecule has 1 aromatic rings. The Bertz CT molecular complexity index is 360. The smallest absolute Gasteiger partial charge is 0.128 e. The molecule has 0 saturated carbocycles. The fourth-order valence-corrected chi connectivity index (χ4v) is 2.26. The average Bonchev–Trinajstić information content (AvgIpc) is 2.60. The van der Waals surface area contributed by atoms with Crippen LogP contribution in [-0.2, 0) is 6.54 Å². The first kappa shape index (κ1) is 11.4. The lowest BCUT2D eigenvalue weighted by Crippen LogP contribution is -2.23. The van der Waals surface area contributed by atoms with Gasteiger partial charge < -0.3 is 10.2 Å². The van der Waals surface area contributed by atoms with E-state index in [2.05, 4.69) is 41.2 Å². The van der Waals surface area contributed by atoms with Crippen molar-refractivity contribution in [3.05, 3.63) is 23.9 Å². The van der Waals surface area contributed by atoms with Gasteiger partial charge in [-0.05, 0) is 36.6 Å². The normalized spacial score (nSPS) is 19.1. The molecule has 1 N–H and O–H groups in total. The van der Waals surface area contributed by atoms with Crippen molar-refractivity contribution in [1.29, 1.82) is 0 Å². The Morgan fingerprint density at radius 1 is 1.50 bits per heavy atom. The van der Waals surface area contributed by atoms with E-state index in [9.17, 15) is 0 Å². The van der Waals surface area contributed by atoms with Crippen molar-refractivity contribution in [3.63, 3.8) is 0 Å². The third-order valence-corrected chi connectivity index (χ3v) is 3.19. The van der Waals surface area contributed by atoms with Crippen molar-refractivity contribution in [2.24, 2.45) is 5.41 Å². The molecule has 1 aliphatic heterocycles. The van der Waals surface area contributed by atoms with Gasteiger partial charge in [-0.25, -0.2) is 4.98 Å². The summed E-state index contributed by atoms with van der Waals surface area (Å²) in [6.45, 7) is 7.80. The van der Waals surface area contributed by atoms with Crippen LogP contribution in [0.25, 0.3) is 0 Å². The van der Waals surface area contributed by atoms with Gasteiger partial charge in [-0.2, -0.15) is 0 Å². The molecule has 2 rings (SSSR count). The number of anilines is 1. The number of pyridine rings is 1.